The number of ether oxygens (including phenoxy) is 1. The number of H-pyrrole nitrogens is 1. The summed E-state index contributed by atoms with van der Waals surface area (Å²) in [6, 6.07) is 3.92. The van der Waals surface area contributed by atoms with Crippen molar-refractivity contribution in [3.8, 4) is 0 Å². The van der Waals surface area contributed by atoms with E-state index in [4.69, 9.17) is 9.72 Å². The van der Waals surface area contributed by atoms with E-state index < -0.39 is 5.60 Å². The predicted molar refractivity (Wildman–Crippen MR) is 113 cm³/mol. The van der Waals surface area contributed by atoms with E-state index in [1.165, 1.54) is 18.5 Å². The van der Waals surface area contributed by atoms with Crippen molar-refractivity contribution in [1.29, 1.82) is 0 Å². The lowest BCUT2D eigenvalue weighted by Gasteiger charge is -2.26. The molecule has 1 saturated carbocycles. The second kappa shape index (κ2) is 7.14. The summed E-state index contributed by atoms with van der Waals surface area (Å²) in [4.78, 5) is 25.6. The van der Waals surface area contributed by atoms with Gasteiger partial charge < -0.3 is 19.9 Å². The fourth-order valence-electron chi connectivity index (χ4n) is 4.34. The van der Waals surface area contributed by atoms with Gasteiger partial charge in [0.2, 0.25) is 5.95 Å². The minimum absolute atomic E-state index is 0.213. The molecule has 2 N–H and O–H groups in total. The molecule has 9 heteroatoms. The van der Waals surface area contributed by atoms with Crippen LogP contribution in [-0.2, 0) is 4.74 Å². The third-order valence-corrected chi connectivity index (χ3v) is 5.93. The summed E-state index contributed by atoms with van der Waals surface area (Å²) in [7, 11) is 0. The average molecular weight is 412 g/mol. The second-order valence-corrected chi connectivity index (χ2v) is 9.66. The molecule has 0 radical (unpaired) electrons. The summed E-state index contributed by atoms with van der Waals surface area (Å²) in [5, 5.41) is 10.7. The van der Waals surface area contributed by atoms with Gasteiger partial charge in [-0.25, -0.2) is 9.78 Å². The molecule has 2 aromatic heterocycles. The van der Waals surface area contributed by atoms with Gasteiger partial charge in [0.05, 0.1) is 0 Å². The van der Waals surface area contributed by atoms with E-state index in [0.717, 1.165) is 43.8 Å². The molecule has 0 unspecified atom stereocenters. The lowest BCUT2D eigenvalue weighted by molar-refractivity contribution is 0.0282. The highest BCUT2D eigenvalue weighted by atomic mass is 16.6. The van der Waals surface area contributed by atoms with Gasteiger partial charge in [-0.2, -0.15) is 10.1 Å². The number of hydrogen-bond acceptors (Lipinski definition) is 7. The maximum atomic E-state index is 12.4. The van der Waals surface area contributed by atoms with Gasteiger partial charge in [-0.1, -0.05) is 0 Å². The maximum Gasteiger partial charge on any atom is 0.410 e. The molecular formula is C21H29N7O2. The fraction of sp³-hybridized carbons (Fsp3) is 0.619. The van der Waals surface area contributed by atoms with E-state index in [0.29, 0.717) is 17.8 Å². The number of aromatic amines is 1. The van der Waals surface area contributed by atoms with Crippen LogP contribution in [-0.4, -0.2) is 62.9 Å². The number of carbonyl (C=O) groups excluding carboxylic acids is 1. The largest absolute Gasteiger partial charge is 0.444 e. The number of nitrogens with zero attached hydrogens (tertiary/aromatic N) is 5. The van der Waals surface area contributed by atoms with Crippen LogP contribution in [0.15, 0.2) is 18.3 Å². The van der Waals surface area contributed by atoms with Crippen molar-refractivity contribution in [3.05, 3.63) is 24.0 Å². The molecule has 2 aliphatic heterocycles. The van der Waals surface area contributed by atoms with Gasteiger partial charge >= 0.3 is 6.09 Å². The highest BCUT2D eigenvalue weighted by Crippen LogP contribution is 2.39. The molecule has 2 atom stereocenters. The summed E-state index contributed by atoms with van der Waals surface area (Å²) in [5.41, 5.74) is 0.726. The molecule has 30 heavy (non-hydrogen) atoms. The SMILES string of the molecule is CC(C)(C)OC(=O)N1C[C@@H]2CN(c3nccc(Nc4cc(C5CC5)[nH]n4)n3)C[C@@H]2C1. The van der Waals surface area contributed by atoms with Gasteiger partial charge in [0.1, 0.15) is 11.4 Å². The van der Waals surface area contributed by atoms with Crippen molar-refractivity contribution in [3.63, 3.8) is 0 Å². The van der Waals surface area contributed by atoms with E-state index in [2.05, 4.69) is 31.5 Å². The van der Waals surface area contributed by atoms with Gasteiger partial charge in [-0.3, -0.25) is 5.10 Å². The highest BCUT2D eigenvalue weighted by molar-refractivity contribution is 5.68. The summed E-state index contributed by atoms with van der Waals surface area (Å²) in [6.45, 7) is 8.85. The fourth-order valence-corrected chi connectivity index (χ4v) is 4.34. The lowest BCUT2D eigenvalue weighted by atomic mass is 10.0. The normalized spacial score (nSPS) is 23.6. The van der Waals surface area contributed by atoms with Gasteiger partial charge in [0.15, 0.2) is 5.82 Å². The van der Waals surface area contributed by atoms with E-state index in [1.807, 2.05) is 31.7 Å². The Bertz CT molecular complexity index is 919. The minimum atomic E-state index is -0.462. The molecule has 5 rings (SSSR count). The summed E-state index contributed by atoms with van der Waals surface area (Å²) in [5.74, 6) is 3.72. The van der Waals surface area contributed by atoms with Crippen LogP contribution in [0.3, 0.4) is 0 Å². The molecule has 2 saturated heterocycles. The molecular weight excluding hydrogens is 382 g/mol. The zero-order valence-electron chi connectivity index (χ0n) is 17.8. The van der Waals surface area contributed by atoms with Crippen LogP contribution >= 0.6 is 0 Å². The first-order valence-corrected chi connectivity index (χ1v) is 10.7. The molecule has 0 spiro atoms. The Hall–Kier alpha value is -2.84. The first kappa shape index (κ1) is 19.1. The minimum Gasteiger partial charge on any atom is -0.444 e. The number of fused-ring (bicyclic) bond motifs is 1. The summed E-state index contributed by atoms with van der Waals surface area (Å²) < 4.78 is 5.52. The Labute approximate surface area is 176 Å². The lowest BCUT2D eigenvalue weighted by Crippen LogP contribution is -2.37. The second-order valence-electron chi connectivity index (χ2n) is 9.66. The van der Waals surface area contributed by atoms with Crippen LogP contribution in [0.1, 0.15) is 45.2 Å². The first-order chi connectivity index (χ1) is 14.3. The number of hydrogen-bond donors (Lipinski definition) is 2. The average Bonchev–Trinajstić information content (AvgIpc) is 3.09. The highest BCUT2D eigenvalue weighted by Gasteiger charge is 2.43. The smallest absolute Gasteiger partial charge is 0.410 e. The molecule has 0 aromatic carbocycles. The van der Waals surface area contributed by atoms with Crippen LogP contribution < -0.4 is 10.2 Å². The topological polar surface area (TPSA) is 99.3 Å². The van der Waals surface area contributed by atoms with Gasteiger partial charge in [-0.15, -0.1) is 0 Å². The summed E-state index contributed by atoms with van der Waals surface area (Å²) >= 11 is 0. The van der Waals surface area contributed by atoms with Crippen molar-refractivity contribution in [1.82, 2.24) is 25.1 Å². The van der Waals surface area contributed by atoms with Crippen molar-refractivity contribution in [2.45, 2.75) is 45.1 Å². The molecule has 3 fully saturated rings. The molecule has 4 heterocycles. The Morgan fingerprint density at radius 2 is 1.90 bits per heavy atom. The van der Waals surface area contributed by atoms with Crippen molar-refractivity contribution in [2.75, 3.05) is 36.4 Å². The number of carbonyl (C=O) groups is 1. The van der Waals surface area contributed by atoms with E-state index in [-0.39, 0.29) is 6.09 Å². The van der Waals surface area contributed by atoms with Crippen LogP contribution in [0.4, 0.5) is 22.4 Å². The number of nitrogens with one attached hydrogen (secondary N) is 2. The number of likely N-dealkylation sites (tertiary alicyclic amines) is 1. The van der Waals surface area contributed by atoms with Gasteiger partial charge in [0, 0.05) is 61.9 Å². The number of rotatable bonds is 4. The first-order valence-electron chi connectivity index (χ1n) is 10.7. The van der Waals surface area contributed by atoms with Gasteiger partial charge in [0.25, 0.3) is 0 Å². The Balaban J connectivity index is 1.20. The molecule has 0 bridgehead atoms. The Morgan fingerprint density at radius 3 is 2.57 bits per heavy atom. The van der Waals surface area contributed by atoms with Crippen LogP contribution in [0.25, 0.3) is 0 Å². The quantitative estimate of drug-likeness (QED) is 0.797. The number of anilines is 3. The maximum absolute atomic E-state index is 12.4. The van der Waals surface area contributed by atoms with Crippen molar-refractivity contribution in [2.24, 2.45) is 11.8 Å². The Morgan fingerprint density at radius 1 is 1.17 bits per heavy atom. The zero-order chi connectivity index (χ0) is 20.9. The summed E-state index contributed by atoms with van der Waals surface area (Å²) in [6.07, 6.45) is 4.04. The van der Waals surface area contributed by atoms with Crippen LogP contribution in [0.5, 0.6) is 0 Å². The number of aromatic nitrogens is 4. The molecule has 1 aliphatic carbocycles. The van der Waals surface area contributed by atoms with Gasteiger partial charge in [-0.05, 0) is 39.7 Å². The molecule has 1 amide bonds. The molecule has 2 aromatic rings. The monoisotopic (exact) mass is 411 g/mol. The molecule has 9 nitrogen and oxygen atoms in total. The zero-order valence-corrected chi connectivity index (χ0v) is 17.8. The standard InChI is InChI=1S/C21H29N7O2/c1-21(2,3)30-20(29)28-11-14-9-27(10-15(14)12-28)19-22-7-6-17(24-19)23-18-8-16(25-26-18)13-4-5-13/h6-8,13-15H,4-5,9-12H2,1-3H3,(H2,22,23,24,25,26)/t14-,15+. The molecule has 160 valence electrons. The molecule has 3 aliphatic rings. The van der Waals surface area contributed by atoms with E-state index in [1.54, 1.807) is 6.20 Å². The van der Waals surface area contributed by atoms with Crippen LogP contribution in [0, 0.1) is 11.8 Å². The van der Waals surface area contributed by atoms with E-state index >= 15 is 0 Å². The Kier molecular flexibility index (Phi) is 4.56. The third-order valence-electron chi connectivity index (χ3n) is 5.93. The predicted octanol–water partition coefficient (Wildman–Crippen LogP) is 3.12. The van der Waals surface area contributed by atoms with Crippen molar-refractivity contribution >= 4 is 23.7 Å². The third kappa shape index (κ3) is 4.06. The van der Waals surface area contributed by atoms with Crippen LogP contribution in [0.2, 0.25) is 0 Å². The van der Waals surface area contributed by atoms with E-state index in [9.17, 15) is 4.79 Å². The number of amides is 1. The van der Waals surface area contributed by atoms with Crippen molar-refractivity contribution < 1.29 is 9.53 Å².